The lowest BCUT2D eigenvalue weighted by Crippen LogP contribution is -2.36. The van der Waals surface area contributed by atoms with Gasteiger partial charge in [0.15, 0.2) is 0 Å². The number of hydrogen-bond donors (Lipinski definition) is 2. The number of ether oxygens (including phenoxy) is 1. The first-order valence-corrected chi connectivity index (χ1v) is 6.30. The molecule has 0 spiro atoms. The molecule has 1 fully saturated rings. The Morgan fingerprint density at radius 3 is 2.47 bits per heavy atom. The summed E-state index contributed by atoms with van der Waals surface area (Å²) in [5.74, 6) is 1.01. The van der Waals surface area contributed by atoms with Crippen molar-refractivity contribution in [3.63, 3.8) is 0 Å². The van der Waals surface area contributed by atoms with Crippen molar-refractivity contribution in [1.29, 1.82) is 0 Å². The van der Waals surface area contributed by atoms with E-state index in [4.69, 9.17) is 10.5 Å². The quantitative estimate of drug-likeness (QED) is 0.844. The summed E-state index contributed by atoms with van der Waals surface area (Å²) >= 11 is 0. The molecule has 0 amide bonds. The van der Waals surface area contributed by atoms with Crippen LogP contribution in [-0.4, -0.2) is 18.3 Å². The number of methoxy groups -OCH3 is 1. The van der Waals surface area contributed by atoms with Gasteiger partial charge < -0.3 is 15.6 Å². The summed E-state index contributed by atoms with van der Waals surface area (Å²) in [4.78, 5) is 0. The molecule has 3 heteroatoms. The molecule has 1 aliphatic carbocycles. The Kier molecular flexibility index (Phi) is 4.02. The molecule has 0 unspecified atom stereocenters. The molecule has 0 aromatic heterocycles. The lowest BCUT2D eigenvalue weighted by molar-refractivity contribution is 0.0721. The first-order chi connectivity index (χ1) is 8.22. The lowest BCUT2D eigenvalue weighted by atomic mass is 9.79. The van der Waals surface area contributed by atoms with E-state index in [9.17, 15) is 5.11 Å². The van der Waals surface area contributed by atoms with Crippen molar-refractivity contribution in [2.75, 3.05) is 7.11 Å². The van der Waals surface area contributed by atoms with Crippen molar-refractivity contribution in [3.05, 3.63) is 29.8 Å². The van der Waals surface area contributed by atoms with Gasteiger partial charge in [0.1, 0.15) is 5.75 Å². The zero-order chi connectivity index (χ0) is 12.3. The fraction of sp³-hybridized carbons (Fsp3) is 0.571. The molecule has 3 N–H and O–H groups in total. The fourth-order valence-corrected chi connectivity index (χ4v) is 2.63. The first-order valence-electron chi connectivity index (χ1n) is 6.30. The maximum atomic E-state index is 10.4. The summed E-state index contributed by atoms with van der Waals surface area (Å²) in [5.41, 5.74) is 7.03. The molecule has 0 aliphatic heterocycles. The van der Waals surface area contributed by atoms with E-state index in [2.05, 4.69) is 0 Å². The van der Waals surface area contributed by atoms with Gasteiger partial charge in [-0.3, -0.25) is 0 Å². The third-order valence-electron chi connectivity index (χ3n) is 3.74. The van der Waals surface area contributed by atoms with Crippen molar-refractivity contribution in [2.24, 2.45) is 11.7 Å². The van der Waals surface area contributed by atoms with Gasteiger partial charge in [-0.15, -0.1) is 0 Å². The van der Waals surface area contributed by atoms with Gasteiger partial charge in [-0.2, -0.15) is 0 Å². The highest BCUT2D eigenvalue weighted by Gasteiger charge is 2.29. The molecule has 3 atom stereocenters. The van der Waals surface area contributed by atoms with Crippen LogP contribution < -0.4 is 10.5 Å². The number of aliphatic hydroxyl groups excluding tert-OH is 1. The van der Waals surface area contributed by atoms with E-state index >= 15 is 0 Å². The smallest absolute Gasteiger partial charge is 0.118 e. The number of rotatable bonds is 3. The maximum absolute atomic E-state index is 10.4. The van der Waals surface area contributed by atoms with Crippen molar-refractivity contribution in [3.8, 4) is 5.75 Å². The maximum Gasteiger partial charge on any atom is 0.118 e. The van der Waals surface area contributed by atoms with Gasteiger partial charge in [-0.25, -0.2) is 0 Å². The van der Waals surface area contributed by atoms with Crippen LogP contribution in [0.4, 0.5) is 0 Å². The zero-order valence-corrected chi connectivity index (χ0v) is 10.3. The zero-order valence-electron chi connectivity index (χ0n) is 10.3. The Hall–Kier alpha value is -1.06. The van der Waals surface area contributed by atoms with Crippen LogP contribution in [0.3, 0.4) is 0 Å². The Balaban J connectivity index is 2.09. The van der Waals surface area contributed by atoms with Crippen LogP contribution >= 0.6 is 0 Å². The van der Waals surface area contributed by atoms with Crippen LogP contribution in [0.5, 0.6) is 5.75 Å². The molecule has 1 aromatic rings. The minimum absolute atomic E-state index is 0.126. The van der Waals surface area contributed by atoms with Crippen molar-refractivity contribution in [2.45, 2.75) is 37.8 Å². The molecule has 1 saturated carbocycles. The number of aliphatic hydroxyl groups is 1. The van der Waals surface area contributed by atoms with Crippen molar-refractivity contribution < 1.29 is 9.84 Å². The van der Waals surface area contributed by atoms with Crippen molar-refractivity contribution in [1.82, 2.24) is 0 Å². The van der Waals surface area contributed by atoms with Gasteiger partial charge in [0.2, 0.25) is 0 Å². The number of nitrogens with two attached hydrogens (primary N) is 1. The van der Waals surface area contributed by atoms with E-state index in [0.29, 0.717) is 0 Å². The van der Waals surface area contributed by atoms with E-state index in [1.54, 1.807) is 7.11 Å². The lowest BCUT2D eigenvalue weighted by Gasteiger charge is -2.32. The second-order valence-electron chi connectivity index (χ2n) is 4.83. The molecule has 1 aromatic carbocycles. The summed E-state index contributed by atoms with van der Waals surface area (Å²) in [5, 5.41) is 10.4. The summed E-state index contributed by atoms with van der Waals surface area (Å²) in [6.07, 6.45) is 3.96. The molecule has 0 bridgehead atoms. The Labute approximate surface area is 103 Å². The fourth-order valence-electron chi connectivity index (χ4n) is 2.63. The minimum atomic E-state index is -0.448. The molecular formula is C14H21NO2. The van der Waals surface area contributed by atoms with E-state index < -0.39 is 6.10 Å². The minimum Gasteiger partial charge on any atom is -0.497 e. The number of hydrogen-bond acceptors (Lipinski definition) is 3. The van der Waals surface area contributed by atoms with Gasteiger partial charge in [0.05, 0.1) is 13.2 Å². The van der Waals surface area contributed by atoms with Crippen molar-refractivity contribution >= 4 is 0 Å². The average molecular weight is 235 g/mol. The SMILES string of the molecule is COc1ccc([C@@H](O)[C@@H]2CCCC[C@@H]2N)cc1. The molecule has 94 valence electrons. The van der Waals surface area contributed by atoms with Gasteiger partial charge in [-0.1, -0.05) is 25.0 Å². The van der Waals surface area contributed by atoms with Crippen LogP contribution in [0.2, 0.25) is 0 Å². The second-order valence-corrected chi connectivity index (χ2v) is 4.83. The Morgan fingerprint density at radius 1 is 1.24 bits per heavy atom. The average Bonchev–Trinajstić information content (AvgIpc) is 2.39. The monoisotopic (exact) mass is 235 g/mol. The Bertz CT molecular complexity index is 350. The molecule has 2 rings (SSSR count). The van der Waals surface area contributed by atoms with Crippen LogP contribution in [0.15, 0.2) is 24.3 Å². The highest BCUT2D eigenvalue weighted by Crippen LogP contribution is 2.34. The third kappa shape index (κ3) is 2.79. The van der Waals surface area contributed by atoms with Gasteiger partial charge in [0, 0.05) is 12.0 Å². The van der Waals surface area contributed by atoms with Crippen LogP contribution in [0.1, 0.15) is 37.4 Å². The van der Waals surface area contributed by atoms with E-state index in [1.165, 1.54) is 12.8 Å². The summed E-state index contributed by atoms with van der Waals surface area (Å²) < 4.78 is 5.11. The Morgan fingerprint density at radius 2 is 1.88 bits per heavy atom. The van der Waals surface area contributed by atoms with Crippen LogP contribution in [0.25, 0.3) is 0 Å². The van der Waals surface area contributed by atoms with E-state index in [0.717, 1.165) is 24.2 Å². The largest absolute Gasteiger partial charge is 0.497 e. The summed E-state index contributed by atoms with van der Waals surface area (Å²) in [7, 11) is 1.64. The molecule has 0 radical (unpaired) electrons. The van der Waals surface area contributed by atoms with Crippen LogP contribution in [0, 0.1) is 5.92 Å². The van der Waals surface area contributed by atoms with E-state index in [1.807, 2.05) is 24.3 Å². The van der Waals surface area contributed by atoms with Gasteiger partial charge in [0.25, 0.3) is 0 Å². The topological polar surface area (TPSA) is 55.5 Å². The first kappa shape index (κ1) is 12.4. The molecule has 3 nitrogen and oxygen atoms in total. The predicted molar refractivity (Wildman–Crippen MR) is 67.9 cm³/mol. The van der Waals surface area contributed by atoms with Gasteiger partial charge in [-0.05, 0) is 30.5 Å². The third-order valence-corrected chi connectivity index (χ3v) is 3.74. The molecule has 0 heterocycles. The molecule has 17 heavy (non-hydrogen) atoms. The molecule has 1 aliphatic rings. The highest BCUT2D eigenvalue weighted by molar-refractivity contribution is 5.28. The highest BCUT2D eigenvalue weighted by atomic mass is 16.5. The van der Waals surface area contributed by atoms with Crippen LogP contribution in [-0.2, 0) is 0 Å². The predicted octanol–water partition coefficient (Wildman–Crippen LogP) is 2.25. The normalized spacial score (nSPS) is 26.5. The summed E-state index contributed by atoms with van der Waals surface area (Å²) in [6, 6.07) is 7.73. The number of benzene rings is 1. The molecule has 0 saturated heterocycles. The molecular weight excluding hydrogens is 214 g/mol. The van der Waals surface area contributed by atoms with Gasteiger partial charge >= 0.3 is 0 Å². The second kappa shape index (κ2) is 5.52. The summed E-state index contributed by atoms with van der Waals surface area (Å²) in [6.45, 7) is 0. The van der Waals surface area contributed by atoms with E-state index in [-0.39, 0.29) is 12.0 Å². The standard InChI is InChI=1S/C14H21NO2/c1-17-11-8-6-10(7-9-11)14(16)12-4-2-3-5-13(12)15/h6-9,12-14,16H,2-5,15H2,1H3/t12-,13+,14-/m1/s1.